The molecule has 0 aliphatic rings. The van der Waals surface area contributed by atoms with E-state index in [0.29, 0.717) is 5.69 Å². The summed E-state index contributed by atoms with van der Waals surface area (Å²) in [5, 5.41) is 17.8. The lowest BCUT2D eigenvalue weighted by molar-refractivity contribution is 0.0696. The highest BCUT2D eigenvalue weighted by Gasteiger charge is 2.04. The first-order valence-electron chi connectivity index (χ1n) is 5.26. The molecule has 1 aromatic carbocycles. The number of carbonyl (C=O) groups is 1. The molecule has 0 fully saturated rings. The van der Waals surface area contributed by atoms with Crippen molar-refractivity contribution in [3.05, 3.63) is 53.9 Å². The molecule has 2 rings (SSSR count). The van der Waals surface area contributed by atoms with Crippen LogP contribution in [0.5, 0.6) is 0 Å². The molecule has 0 saturated heterocycles. The molecule has 18 heavy (non-hydrogen) atoms. The fourth-order valence-corrected chi connectivity index (χ4v) is 2.24. The normalized spacial score (nSPS) is 10.3. The van der Waals surface area contributed by atoms with Gasteiger partial charge in [-0.1, -0.05) is 17.8 Å². The number of aliphatic hydroxyl groups is 1. The van der Waals surface area contributed by atoms with Crippen molar-refractivity contribution in [3.63, 3.8) is 0 Å². The first-order valence-corrected chi connectivity index (χ1v) is 6.07. The van der Waals surface area contributed by atoms with Crippen molar-refractivity contribution in [1.82, 2.24) is 4.98 Å². The highest BCUT2D eigenvalue weighted by Crippen LogP contribution is 2.27. The molecule has 0 radical (unpaired) electrons. The molecule has 4 nitrogen and oxygen atoms in total. The molecule has 0 amide bonds. The van der Waals surface area contributed by atoms with Crippen LogP contribution in [0.15, 0.2) is 52.4 Å². The number of aromatic nitrogens is 1. The maximum atomic E-state index is 10.8. The van der Waals surface area contributed by atoms with Gasteiger partial charge in [-0.25, -0.2) is 4.79 Å². The molecular weight excluding hydrogens is 250 g/mol. The van der Waals surface area contributed by atoms with Crippen molar-refractivity contribution in [2.75, 3.05) is 0 Å². The number of aromatic carboxylic acids is 1. The van der Waals surface area contributed by atoms with Crippen molar-refractivity contribution in [3.8, 4) is 0 Å². The Kier molecular flexibility index (Phi) is 3.96. The fourth-order valence-electron chi connectivity index (χ4n) is 1.39. The van der Waals surface area contributed by atoms with E-state index in [4.69, 9.17) is 10.2 Å². The molecule has 0 aliphatic heterocycles. The van der Waals surface area contributed by atoms with Crippen LogP contribution in [0.3, 0.4) is 0 Å². The van der Waals surface area contributed by atoms with E-state index >= 15 is 0 Å². The average molecular weight is 261 g/mol. The van der Waals surface area contributed by atoms with Crippen molar-refractivity contribution in [2.24, 2.45) is 0 Å². The van der Waals surface area contributed by atoms with Crippen LogP contribution in [-0.2, 0) is 6.61 Å². The summed E-state index contributed by atoms with van der Waals surface area (Å²) in [7, 11) is 0. The zero-order chi connectivity index (χ0) is 13.0. The SMILES string of the molecule is O=C(O)c1cccc(Sc2ccc(CO)nc2)c1. The van der Waals surface area contributed by atoms with Gasteiger partial charge in [0.05, 0.1) is 17.9 Å². The van der Waals surface area contributed by atoms with Crippen molar-refractivity contribution < 1.29 is 15.0 Å². The fraction of sp³-hybridized carbons (Fsp3) is 0.0769. The Bertz CT molecular complexity index is 554. The number of nitrogens with zero attached hydrogens (tertiary/aromatic N) is 1. The average Bonchev–Trinajstić information content (AvgIpc) is 2.40. The van der Waals surface area contributed by atoms with Gasteiger partial charge in [-0.15, -0.1) is 0 Å². The maximum absolute atomic E-state index is 10.8. The first-order chi connectivity index (χ1) is 8.69. The van der Waals surface area contributed by atoms with Crippen molar-refractivity contribution in [1.29, 1.82) is 0 Å². The lowest BCUT2D eigenvalue weighted by Crippen LogP contribution is -1.95. The Morgan fingerprint density at radius 3 is 2.67 bits per heavy atom. The molecule has 0 atom stereocenters. The van der Waals surface area contributed by atoms with E-state index in [0.717, 1.165) is 9.79 Å². The summed E-state index contributed by atoms with van der Waals surface area (Å²) in [6.45, 7) is -0.0839. The third-order valence-corrected chi connectivity index (χ3v) is 3.24. The Morgan fingerprint density at radius 1 is 1.22 bits per heavy atom. The van der Waals surface area contributed by atoms with Crippen molar-refractivity contribution >= 4 is 17.7 Å². The van der Waals surface area contributed by atoms with Crippen LogP contribution in [0.4, 0.5) is 0 Å². The Balaban J connectivity index is 2.17. The van der Waals surface area contributed by atoms with E-state index in [2.05, 4.69) is 4.98 Å². The third-order valence-electron chi connectivity index (χ3n) is 2.28. The number of benzene rings is 1. The minimum absolute atomic E-state index is 0.0839. The quantitative estimate of drug-likeness (QED) is 0.884. The number of carboxylic acid groups (broad SMARTS) is 1. The lowest BCUT2D eigenvalue weighted by atomic mass is 10.2. The second-order valence-electron chi connectivity index (χ2n) is 3.58. The number of hydrogen-bond acceptors (Lipinski definition) is 4. The maximum Gasteiger partial charge on any atom is 0.335 e. The first kappa shape index (κ1) is 12.6. The van der Waals surface area contributed by atoms with Gasteiger partial charge in [0.25, 0.3) is 0 Å². The van der Waals surface area contributed by atoms with Gasteiger partial charge in [0, 0.05) is 16.0 Å². The number of aliphatic hydroxyl groups excluding tert-OH is 1. The van der Waals surface area contributed by atoms with E-state index < -0.39 is 5.97 Å². The summed E-state index contributed by atoms with van der Waals surface area (Å²) in [4.78, 5) is 16.6. The molecule has 0 unspecified atom stereocenters. The monoisotopic (exact) mass is 261 g/mol. The summed E-state index contributed by atoms with van der Waals surface area (Å²) in [5.74, 6) is -0.939. The molecule has 0 bridgehead atoms. The van der Waals surface area contributed by atoms with E-state index in [9.17, 15) is 4.79 Å². The molecule has 5 heteroatoms. The zero-order valence-electron chi connectivity index (χ0n) is 9.41. The van der Waals surface area contributed by atoms with E-state index in [1.165, 1.54) is 11.8 Å². The van der Waals surface area contributed by atoms with Gasteiger partial charge in [-0.2, -0.15) is 0 Å². The van der Waals surface area contributed by atoms with Crippen LogP contribution >= 0.6 is 11.8 Å². The van der Waals surface area contributed by atoms with Gasteiger partial charge in [0.15, 0.2) is 0 Å². The molecule has 1 heterocycles. The van der Waals surface area contributed by atoms with Gasteiger partial charge in [-0.05, 0) is 30.3 Å². The van der Waals surface area contributed by atoms with E-state index in [1.54, 1.807) is 30.5 Å². The highest BCUT2D eigenvalue weighted by atomic mass is 32.2. The van der Waals surface area contributed by atoms with Gasteiger partial charge in [0.2, 0.25) is 0 Å². The Labute approximate surface area is 108 Å². The number of carboxylic acids is 1. The summed E-state index contributed by atoms with van der Waals surface area (Å²) in [6, 6.07) is 10.3. The van der Waals surface area contributed by atoms with Gasteiger partial charge in [0.1, 0.15) is 0 Å². The van der Waals surface area contributed by atoms with Crippen LogP contribution in [0.1, 0.15) is 16.1 Å². The standard InChI is InChI=1S/C13H11NO3S/c15-8-10-4-5-12(7-14-10)18-11-3-1-2-9(6-11)13(16)17/h1-7,15H,8H2,(H,16,17). The Morgan fingerprint density at radius 2 is 2.06 bits per heavy atom. The second kappa shape index (κ2) is 5.66. The number of hydrogen-bond donors (Lipinski definition) is 2. The molecule has 2 aromatic rings. The molecule has 2 N–H and O–H groups in total. The molecule has 0 aliphatic carbocycles. The second-order valence-corrected chi connectivity index (χ2v) is 4.73. The van der Waals surface area contributed by atoms with Crippen LogP contribution in [-0.4, -0.2) is 21.2 Å². The van der Waals surface area contributed by atoms with Gasteiger partial charge in [-0.3, -0.25) is 4.98 Å². The third kappa shape index (κ3) is 3.09. The molecule has 92 valence electrons. The lowest BCUT2D eigenvalue weighted by Gasteiger charge is -2.03. The summed E-state index contributed by atoms with van der Waals surface area (Å²) in [6.07, 6.45) is 1.66. The van der Waals surface area contributed by atoms with Crippen LogP contribution in [0.2, 0.25) is 0 Å². The Hall–Kier alpha value is -1.85. The van der Waals surface area contributed by atoms with Gasteiger partial charge >= 0.3 is 5.97 Å². The molecular formula is C13H11NO3S. The van der Waals surface area contributed by atoms with E-state index in [1.807, 2.05) is 12.1 Å². The van der Waals surface area contributed by atoms with Crippen LogP contribution < -0.4 is 0 Å². The molecule has 1 aromatic heterocycles. The summed E-state index contributed by atoms with van der Waals surface area (Å²) in [5.41, 5.74) is 0.874. The topological polar surface area (TPSA) is 70.4 Å². The molecule has 0 spiro atoms. The summed E-state index contributed by atoms with van der Waals surface area (Å²) < 4.78 is 0. The predicted octanol–water partition coefficient (Wildman–Crippen LogP) is 2.42. The predicted molar refractivity (Wildman–Crippen MR) is 67.7 cm³/mol. The minimum atomic E-state index is -0.939. The van der Waals surface area contributed by atoms with Crippen molar-refractivity contribution in [2.45, 2.75) is 16.4 Å². The number of rotatable bonds is 4. The van der Waals surface area contributed by atoms with E-state index in [-0.39, 0.29) is 12.2 Å². The minimum Gasteiger partial charge on any atom is -0.478 e. The molecule has 0 saturated carbocycles. The number of pyridine rings is 1. The van der Waals surface area contributed by atoms with Crippen LogP contribution in [0, 0.1) is 0 Å². The van der Waals surface area contributed by atoms with Gasteiger partial charge < -0.3 is 10.2 Å². The highest BCUT2D eigenvalue weighted by molar-refractivity contribution is 7.99. The summed E-state index contributed by atoms with van der Waals surface area (Å²) >= 11 is 1.43. The smallest absolute Gasteiger partial charge is 0.335 e. The largest absolute Gasteiger partial charge is 0.478 e. The van der Waals surface area contributed by atoms with Crippen LogP contribution in [0.25, 0.3) is 0 Å². The zero-order valence-corrected chi connectivity index (χ0v) is 10.2.